The molecule has 3 rings (SSSR count). The van der Waals surface area contributed by atoms with Gasteiger partial charge in [-0.2, -0.15) is 0 Å². The van der Waals surface area contributed by atoms with Crippen molar-refractivity contribution in [2.24, 2.45) is 0 Å². The molecule has 1 heterocycles. The lowest BCUT2D eigenvalue weighted by Crippen LogP contribution is -2.16. The Morgan fingerprint density at radius 1 is 1.29 bits per heavy atom. The quantitative estimate of drug-likeness (QED) is 0.904. The molecule has 0 spiro atoms. The third kappa shape index (κ3) is 2.82. The maximum absolute atomic E-state index is 6.08. The molecule has 21 heavy (non-hydrogen) atoms. The molecule has 4 heteroatoms. The molecule has 1 aliphatic carbocycles. The summed E-state index contributed by atoms with van der Waals surface area (Å²) in [4.78, 5) is 9.37. The van der Waals surface area contributed by atoms with Crippen LogP contribution in [0.4, 0.5) is 5.82 Å². The van der Waals surface area contributed by atoms with Crippen molar-refractivity contribution in [2.45, 2.75) is 44.9 Å². The molecule has 1 atom stereocenters. The summed E-state index contributed by atoms with van der Waals surface area (Å²) in [7, 11) is 0. The minimum atomic E-state index is 0.279. The molecule has 2 aromatic rings. The number of fused-ring (bicyclic) bond motifs is 1. The van der Waals surface area contributed by atoms with Gasteiger partial charge in [0.2, 0.25) is 0 Å². The van der Waals surface area contributed by atoms with Gasteiger partial charge in [-0.05, 0) is 52.7 Å². The smallest absolute Gasteiger partial charge is 0.141 e. The predicted octanol–water partition coefficient (Wildman–Crippen LogP) is 4.24. The molecule has 2 N–H and O–H groups in total. The molecule has 3 nitrogen and oxygen atoms in total. The molecule has 0 aliphatic heterocycles. The minimum Gasteiger partial charge on any atom is -0.383 e. The topological polar surface area (TPSA) is 51.8 Å². The fourth-order valence-electron chi connectivity index (χ4n) is 3.11. The molecular weight excluding hydrogens is 326 g/mol. The van der Waals surface area contributed by atoms with Crippen molar-refractivity contribution >= 4 is 21.7 Å². The Bertz CT molecular complexity index is 654. The summed E-state index contributed by atoms with van der Waals surface area (Å²) in [5, 5.41) is 0. The van der Waals surface area contributed by atoms with Gasteiger partial charge in [-0.1, -0.05) is 37.6 Å². The molecule has 1 aliphatic rings. The highest BCUT2D eigenvalue weighted by Crippen LogP contribution is 2.36. The number of nitrogen functional groups attached to an aromatic ring is 1. The van der Waals surface area contributed by atoms with Crippen LogP contribution < -0.4 is 5.73 Å². The van der Waals surface area contributed by atoms with Gasteiger partial charge in [0.25, 0.3) is 0 Å². The standard InChI is InChI=1S/C17H20BrN3/c1-2-6-14-15(18)16(19)21-17(20-14)13-10-5-8-11-7-3-4-9-12(11)13/h3-4,7,9,13H,2,5-6,8,10H2,1H3,(H2,19,20,21). The average molecular weight is 346 g/mol. The zero-order valence-electron chi connectivity index (χ0n) is 12.3. The lowest BCUT2D eigenvalue weighted by molar-refractivity contribution is 0.587. The number of halogens is 1. The van der Waals surface area contributed by atoms with E-state index < -0.39 is 0 Å². The van der Waals surface area contributed by atoms with Crippen molar-refractivity contribution in [3.05, 3.63) is 51.4 Å². The monoisotopic (exact) mass is 345 g/mol. The van der Waals surface area contributed by atoms with Crippen molar-refractivity contribution in [1.82, 2.24) is 9.97 Å². The van der Waals surface area contributed by atoms with Crippen LogP contribution >= 0.6 is 15.9 Å². The van der Waals surface area contributed by atoms with Crippen molar-refractivity contribution in [1.29, 1.82) is 0 Å². The first-order valence-electron chi connectivity index (χ1n) is 7.60. The average Bonchev–Trinajstić information content (AvgIpc) is 2.51. The molecule has 0 amide bonds. The van der Waals surface area contributed by atoms with Gasteiger partial charge >= 0.3 is 0 Å². The second-order valence-corrected chi connectivity index (χ2v) is 6.41. The van der Waals surface area contributed by atoms with E-state index in [-0.39, 0.29) is 5.92 Å². The number of hydrogen-bond acceptors (Lipinski definition) is 3. The van der Waals surface area contributed by atoms with Gasteiger partial charge in [0.15, 0.2) is 0 Å². The molecule has 0 saturated heterocycles. The Hall–Kier alpha value is -1.42. The van der Waals surface area contributed by atoms with Crippen LogP contribution in [0.1, 0.15) is 54.7 Å². The summed E-state index contributed by atoms with van der Waals surface area (Å²) in [6.45, 7) is 2.15. The van der Waals surface area contributed by atoms with Crippen LogP contribution in [0, 0.1) is 0 Å². The third-order valence-electron chi connectivity index (χ3n) is 4.13. The fourth-order valence-corrected chi connectivity index (χ4v) is 3.49. The first-order valence-corrected chi connectivity index (χ1v) is 8.39. The van der Waals surface area contributed by atoms with Crippen LogP contribution in [0.5, 0.6) is 0 Å². The molecule has 0 fully saturated rings. The Morgan fingerprint density at radius 3 is 2.90 bits per heavy atom. The number of nitrogens with two attached hydrogens (primary N) is 1. The Balaban J connectivity index is 2.05. The van der Waals surface area contributed by atoms with Crippen LogP contribution in [-0.4, -0.2) is 9.97 Å². The summed E-state index contributed by atoms with van der Waals surface area (Å²) in [5.74, 6) is 1.72. The Kier molecular flexibility index (Phi) is 4.24. The number of aromatic nitrogens is 2. The van der Waals surface area contributed by atoms with E-state index in [0.717, 1.165) is 41.7 Å². The lowest BCUT2D eigenvalue weighted by atomic mass is 9.82. The van der Waals surface area contributed by atoms with Crippen LogP contribution in [0.2, 0.25) is 0 Å². The second kappa shape index (κ2) is 6.14. The summed E-state index contributed by atoms with van der Waals surface area (Å²) < 4.78 is 0.859. The van der Waals surface area contributed by atoms with Gasteiger partial charge in [-0.25, -0.2) is 9.97 Å². The van der Waals surface area contributed by atoms with E-state index in [1.54, 1.807) is 0 Å². The van der Waals surface area contributed by atoms with Gasteiger partial charge in [-0.15, -0.1) is 0 Å². The zero-order valence-corrected chi connectivity index (χ0v) is 13.9. The molecule has 1 aromatic heterocycles. The van der Waals surface area contributed by atoms with Gasteiger partial charge in [-0.3, -0.25) is 0 Å². The first kappa shape index (κ1) is 14.5. The molecular formula is C17H20BrN3. The number of hydrogen-bond donors (Lipinski definition) is 1. The summed E-state index contributed by atoms with van der Waals surface area (Å²) in [6, 6.07) is 8.64. The van der Waals surface area contributed by atoms with Crippen molar-refractivity contribution < 1.29 is 0 Å². The molecule has 110 valence electrons. The van der Waals surface area contributed by atoms with Crippen LogP contribution in [0.25, 0.3) is 0 Å². The highest BCUT2D eigenvalue weighted by atomic mass is 79.9. The van der Waals surface area contributed by atoms with E-state index in [4.69, 9.17) is 10.7 Å². The van der Waals surface area contributed by atoms with Crippen LogP contribution in [0.3, 0.4) is 0 Å². The van der Waals surface area contributed by atoms with Crippen molar-refractivity contribution in [2.75, 3.05) is 5.73 Å². The predicted molar refractivity (Wildman–Crippen MR) is 89.4 cm³/mol. The fraction of sp³-hybridized carbons (Fsp3) is 0.412. The SMILES string of the molecule is CCCc1nc(C2CCCc3ccccc32)nc(N)c1Br. The second-order valence-electron chi connectivity index (χ2n) is 5.62. The summed E-state index contributed by atoms with van der Waals surface area (Å²) >= 11 is 3.52. The maximum Gasteiger partial charge on any atom is 0.141 e. The molecule has 0 radical (unpaired) electrons. The molecule has 1 unspecified atom stereocenters. The van der Waals surface area contributed by atoms with Crippen molar-refractivity contribution in [3.8, 4) is 0 Å². The van der Waals surface area contributed by atoms with E-state index in [2.05, 4.69) is 52.1 Å². The normalized spacial score (nSPS) is 17.5. The van der Waals surface area contributed by atoms with Crippen molar-refractivity contribution in [3.63, 3.8) is 0 Å². The van der Waals surface area contributed by atoms with E-state index in [1.165, 1.54) is 17.5 Å². The number of aryl methyl sites for hydroxylation is 2. The van der Waals surface area contributed by atoms with Gasteiger partial charge < -0.3 is 5.73 Å². The van der Waals surface area contributed by atoms with E-state index in [0.29, 0.717) is 5.82 Å². The van der Waals surface area contributed by atoms with Gasteiger partial charge in [0.05, 0.1) is 10.2 Å². The maximum atomic E-state index is 6.08. The minimum absolute atomic E-state index is 0.279. The lowest BCUT2D eigenvalue weighted by Gasteiger charge is -2.25. The van der Waals surface area contributed by atoms with E-state index in [9.17, 15) is 0 Å². The number of benzene rings is 1. The summed E-state index contributed by atoms with van der Waals surface area (Å²) in [6.07, 6.45) is 5.42. The molecule has 0 bridgehead atoms. The first-order chi connectivity index (χ1) is 10.2. The largest absolute Gasteiger partial charge is 0.383 e. The van der Waals surface area contributed by atoms with Crippen LogP contribution in [0.15, 0.2) is 28.7 Å². The summed E-state index contributed by atoms with van der Waals surface area (Å²) in [5.41, 5.74) is 9.91. The number of rotatable bonds is 3. The van der Waals surface area contributed by atoms with Gasteiger partial charge in [0.1, 0.15) is 11.6 Å². The number of nitrogens with zero attached hydrogens (tertiary/aromatic N) is 2. The van der Waals surface area contributed by atoms with Gasteiger partial charge in [0, 0.05) is 5.92 Å². The number of anilines is 1. The third-order valence-corrected chi connectivity index (χ3v) is 4.99. The molecule has 1 aromatic carbocycles. The highest BCUT2D eigenvalue weighted by molar-refractivity contribution is 9.10. The Labute approximate surface area is 134 Å². The zero-order chi connectivity index (χ0) is 14.8. The van der Waals surface area contributed by atoms with E-state index >= 15 is 0 Å². The van der Waals surface area contributed by atoms with E-state index in [1.807, 2.05) is 0 Å². The highest BCUT2D eigenvalue weighted by Gasteiger charge is 2.25. The Morgan fingerprint density at radius 2 is 2.10 bits per heavy atom. The van der Waals surface area contributed by atoms with Crippen LogP contribution in [-0.2, 0) is 12.8 Å². The molecule has 0 saturated carbocycles.